The van der Waals surface area contributed by atoms with Crippen LogP contribution in [0.3, 0.4) is 0 Å². The van der Waals surface area contributed by atoms with Crippen molar-refractivity contribution in [2.45, 2.75) is 39.2 Å². The molecule has 3 heterocycles. The molecular formula is C15H23N3O3. The van der Waals surface area contributed by atoms with Crippen LogP contribution in [0.4, 0.5) is 0 Å². The average Bonchev–Trinajstić information content (AvgIpc) is 2.77. The molecule has 1 aromatic heterocycles. The summed E-state index contributed by atoms with van der Waals surface area (Å²) >= 11 is 0. The van der Waals surface area contributed by atoms with Gasteiger partial charge in [-0.15, -0.1) is 0 Å². The summed E-state index contributed by atoms with van der Waals surface area (Å²) in [7, 11) is 0. The van der Waals surface area contributed by atoms with E-state index in [-0.39, 0.29) is 17.9 Å². The topological polar surface area (TPSA) is 76.4 Å². The summed E-state index contributed by atoms with van der Waals surface area (Å²) in [5, 5.41) is 16.9. The Bertz CT molecular complexity index is 533. The van der Waals surface area contributed by atoms with Crippen molar-refractivity contribution in [2.75, 3.05) is 26.4 Å². The average molecular weight is 293 g/mol. The van der Waals surface area contributed by atoms with Gasteiger partial charge >= 0.3 is 0 Å². The molecule has 1 amide bonds. The molecule has 0 unspecified atom stereocenters. The first kappa shape index (κ1) is 14.5. The fourth-order valence-corrected chi connectivity index (χ4v) is 3.47. The molecule has 0 saturated carbocycles. The molecule has 116 valence electrons. The van der Waals surface area contributed by atoms with Crippen LogP contribution in [-0.2, 0) is 24.1 Å². The molecular weight excluding hydrogens is 270 g/mol. The maximum absolute atomic E-state index is 12.5. The van der Waals surface area contributed by atoms with Gasteiger partial charge in [0, 0.05) is 44.9 Å². The molecule has 1 fully saturated rings. The molecule has 21 heavy (non-hydrogen) atoms. The Morgan fingerprint density at radius 3 is 2.86 bits per heavy atom. The highest BCUT2D eigenvalue weighted by Crippen LogP contribution is 2.37. The zero-order valence-electron chi connectivity index (χ0n) is 12.5. The van der Waals surface area contributed by atoms with E-state index in [2.05, 4.69) is 10.4 Å². The molecule has 1 saturated heterocycles. The standard InChI is InChI=1S/C15H23N3O3/c1-2-18-13-11(12(17-18)3-6-19)9-15(10-16-14(13)20)4-7-21-8-5-15/h19H,2-10H2,1H3,(H,16,20). The second-order valence-corrected chi connectivity index (χ2v) is 6.04. The van der Waals surface area contributed by atoms with Gasteiger partial charge in [0.2, 0.25) is 0 Å². The number of aryl methyl sites for hydroxylation is 1. The third kappa shape index (κ3) is 2.58. The number of hydrogen-bond acceptors (Lipinski definition) is 4. The highest BCUT2D eigenvalue weighted by molar-refractivity contribution is 5.94. The lowest BCUT2D eigenvalue weighted by molar-refractivity contribution is 0.0160. The summed E-state index contributed by atoms with van der Waals surface area (Å²) < 4.78 is 7.26. The molecule has 2 N–H and O–H groups in total. The van der Waals surface area contributed by atoms with Gasteiger partial charge in [0.15, 0.2) is 0 Å². The van der Waals surface area contributed by atoms with Crippen molar-refractivity contribution in [1.82, 2.24) is 15.1 Å². The first-order chi connectivity index (χ1) is 10.2. The predicted molar refractivity (Wildman–Crippen MR) is 77.2 cm³/mol. The Balaban J connectivity index is 2.03. The van der Waals surface area contributed by atoms with Crippen LogP contribution in [0.2, 0.25) is 0 Å². The number of amides is 1. The van der Waals surface area contributed by atoms with E-state index in [0.717, 1.165) is 43.7 Å². The van der Waals surface area contributed by atoms with Crippen LogP contribution in [0.1, 0.15) is 41.5 Å². The van der Waals surface area contributed by atoms with Crippen LogP contribution in [0.5, 0.6) is 0 Å². The van der Waals surface area contributed by atoms with E-state index < -0.39 is 0 Å². The van der Waals surface area contributed by atoms with Gasteiger partial charge in [-0.05, 0) is 31.6 Å². The fourth-order valence-electron chi connectivity index (χ4n) is 3.47. The van der Waals surface area contributed by atoms with E-state index in [9.17, 15) is 9.90 Å². The van der Waals surface area contributed by atoms with Gasteiger partial charge in [-0.25, -0.2) is 0 Å². The highest BCUT2D eigenvalue weighted by Gasteiger charge is 2.39. The van der Waals surface area contributed by atoms with Crippen molar-refractivity contribution in [3.05, 3.63) is 17.0 Å². The van der Waals surface area contributed by atoms with Crippen LogP contribution in [-0.4, -0.2) is 47.2 Å². The first-order valence-corrected chi connectivity index (χ1v) is 7.74. The predicted octanol–water partition coefficient (Wildman–Crippen LogP) is 0.520. The van der Waals surface area contributed by atoms with Crippen LogP contribution < -0.4 is 5.32 Å². The van der Waals surface area contributed by atoms with Gasteiger partial charge in [-0.1, -0.05) is 0 Å². The summed E-state index contributed by atoms with van der Waals surface area (Å²) in [6, 6.07) is 0. The second kappa shape index (κ2) is 5.77. The number of aromatic nitrogens is 2. The lowest BCUT2D eigenvalue weighted by Gasteiger charge is -2.36. The van der Waals surface area contributed by atoms with Gasteiger partial charge in [-0.3, -0.25) is 9.48 Å². The van der Waals surface area contributed by atoms with E-state index >= 15 is 0 Å². The molecule has 0 aromatic carbocycles. The molecule has 6 nitrogen and oxygen atoms in total. The number of aliphatic hydroxyl groups is 1. The third-order valence-electron chi connectivity index (χ3n) is 4.73. The Hall–Kier alpha value is -1.40. The Labute approximate surface area is 124 Å². The minimum absolute atomic E-state index is 0.0353. The number of rotatable bonds is 3. The lowest BCUT2D eigenvalue weighted by Crippen LogP contribution is -2.40. The van der Waals surface area contributed by atoms with E-state index in [4.69, 9.17) is 4.74 Å². The molecule has 0 aliphatic carbocycles. The second-order valence-electron chi connectivity index (χ2n) is 6.04. The Morgan fingerprint density at radius 2 is 2.19 bits per heavy atom. The smallest absolute Gasteiger partial charge is 0.269 e. The van der Waals surface area contributed by atoms with Gasteiger partial charge in [0.05, 0.1) is 5.69 Å². The third-order valence-corrected chi connectivity index (χ3v) is 4.73. The van der Waals surface area contributed by atoms with Crippen molar-refractivity contribution in [2.24, 2.45) is 5.41 Å². The summed E-state index contributed by atoms with van der Waals surface area (Å²) in [5.74, 6) is -0.0353. The normalized spacial score (nSPS) is 21.0. The molecule has 1 aromatic rings. The molecule has 0 radical (unpaired) electrons. The van der Waals surface area contributed by atoms with Gasteiger partial charge in [0.25, 0.3) is 5.91 Å². The summed E-state index contributed by atoms with van der Waals surface area (Å²) in [5.41, 5.74) is 2.66. The maximum atomic E-state index is 12.5. The Kier molecular flexibility index (Phi) is 3.99. The van der Waals surface area contributed by atoms with Crippen molar-refractivity contribution >= 4 is 5.91 Å². The lowest BCUT2D eigenvalue weighted by atomic mass is 9.75. The van der Waals surface area contributed by atoms with Crippen LogP contribution in [0, 0.1) is 5.41 Å². The molecule has 1 spiro atoms. The van der Waals surface area contributed by atoms with Crippen molar-refractivity contribution in [1.29, 1.82) is 0 Å². The quantitative estimate of drug-likeness (QED) is 0.852. The first-order valence-electron chi connectivity index (χ1n) is 7.74. The molecule has 6 heteroatoms. The van der Waals surface area contributed by atoms with Crippen LogP contribution in [0.15, 0.2) is 0 Å². The molecule has 0 bridgehead atoms. The monoisotopic (exact) mass is 293 g/mol. The number of fused-ring (bicyclic) bond motifs is 1. The number of carbonyl (C=O) groups is 1. The van der Waals surface area contributed by atoms with Crippen LogP contribution in [0.25, 0.3) is 0 Å². The van der Waals surface area contributed by atoms with Crippen LogP contribution >= 0.6 is 0 Å². The summed E-state index contributed by atoms with van der Waals surface area (Å²) in [6.45, 7) is 4.91. The maximum Gasteiger partial charge on any atom is 0.269 e. The summed E-state index contributed by atoms with van der Waals surface area (Å²) in [4.78, 5) is 12.5. The Morgan fingerprint density at radius 1 is 1.43 bits per heavy atom. The number of hydrogen-bond donors (Lipinski definition) is 2. The number of nitrogens with zero attached hydrogens (tertiary/aromatic N) is 2. The largest absolute Gasteiger partial charge is 0.396 e. The van der Waals surface area contributed by atoms with Gasteiger partial charge in [0.1, 0.15) is 5.69 Å². The van der Waals surface area contributed by atoms with E-state index in [0.29, 0.717) is 25.2 Å². The van der Waals surface area contributed by atoms with E-state index in [1.807, 2.05) is 6.92 Å². The van der Waals surface area contributed by atoms with Crippen molar-refractivity contribution < 1.29 is 14.6 Å². The number of aliphatic hydroxyl groups excluding tert-OH is 1. The zero-order chi connectivity index (χ0) is 14.9. The molecule has 0 atom stereocenters. The van der Waals surface area contributed by atoms with Gasteiger partial charge in [-0.2, -0.15) is 5.10 Å². The minimum atomic E-state index is -0.0353. The fraction of sp³-hybridized carbons (Fsp3) is 0.733. The van der Waals surface area contributed by atoms with E-state index in [1.165, 1.54) is 0 Å². The molecule has 2 aliphatic rings. The zero-order valence-corrected chi connectivity index (χ0v) is 12.5. The number of carbonyl (C=O) groups excluding carboxylic acids is 1. The van der Waals surface area contributed by atoms with Gasteiger partial charge < -0.3 is 15.2 Å². The number of nitrogens with one attached hydrogen (secondary N) is 1. The SMILES string of the molecule is CCn1nc(CCO)c2c1C(=O)NCC1(CCOCC1)C2. The number of ether oxygens (including phenoxy) is 1. The van der Waals surface area contributed by atoms with E-state index in [1.54, 1.807) is 4.68 Å². The van der Waals surface area contributed by atoms with Crippen molar-refractivity contribution in [3.63, 3.8) is 0 Å². The summed E-state index contributed by atoms with van der Waals surface area (Å²) in [6.07, 6.45) is 3.28. The van der Waals surface area contributed by atoms with Crippen molar-refractivity contribution in [3.8, 4) is 0 Å². The molecule has 2 aliphatic heterocycles. The minimum Gasteiger partial charge on any atom is -0.396 e. The highest BCUT2D eigenvalue weighted by atomic mass is 16.5. The molecule has 3 rings (SSSR count).